The molecule has 0 aliphatic heterocycles. The lowest BCUT2D eigenvalue weighted by Crippen LogP contribution is -2.41. The van der Waals surface area contributed by atoms with Gasteiger partial charge in [0.05, 0.1) is 6.04 Å². The lowest BCUT2D eigenvalue weighted by Gasteiger charge is -2.42. The smallest absolute Gasteiger partial charge is 0.271 e. The van der Waals surface area contributed by atoms with Crippen molar-refractivity contribution in [3.05, 3.63) is 16.1 Å². The third-order valence-electron chi connectivity index (χ3n) is 4.24. The van der Waals surface area contributed by atoms with E-state index >= 15 is 0 Å². The van der Waals surface area contributed by atoms with Crippen molar-refractivity contribution in [3.63, 3.8) is 0 Å². The number of alkyl halides is 3. The van der Waals surface area contributed by atoms with Crippen LogP contribution in [0.5, 0.6) is 0 Å². The van der Waals surface area contributed by atoms with E-state index in [9.17, 15) is 13.2 Å². The standard InChI is InChI=1S/C13H20F3N3S/c1-12(2)6-4-3-5-8(12)10(19-17)9-7-18-11(20-9)13(14,15)16/h7-8,10,19H,3-6,17H2,1-2H3. The van der Waals surface area contributed by atoms with E-state index in [2.05, 4.69) is 24.3 Å². The number of nitrogens with two attached hydrogens (primary N) is 1. The molecular weight excluding hydrogens is 287 g/mol. The quantitative estimate of drug-likeness (QED) is 0.658. The van der Waals surface area contributed by atoms with Crippen LogP contribution in [0.15, 0.2) is 6.20 Å². The van der Waals surface area contributed by atoms with E-state index in [-0.39, 0.29) is 17.4 Å². The summed E-state index contributed by atoms with van der Waals surface area (Å²) < 4.78 is 38.0. The Labute approximate surface area is 120 Å². The lowest BCUT2D eigenvalue weighted by molar-refractivity contribution is -0.137. The number of nitrogens with zero attached hydrogens (tertiary/aromatic N) is 1. The number of thiazole rings is 1. The molecule has 1 fully saturated rings. The normalized spacial score (nSPS) is 24.6. The monoisotopic (exact) mass is 307 g/mol. The van der Waals surface area contributed by atoms with Gasteiger partial charge in [-0.25, -0.2) is 4.98 Å². The van der Waals surface area contributed by atoms with Gasteiger partial charge in [0.15, 0.2) is 5.01 Å². The van der Waals surface area contributed by atoms with Crippen molar-refractivity contribution in [3.8, 4) is 0 Å². The van der Waals surface area contributed by atoms with Gasteiger partial charge in [0, 0.05) is 11.1 Å². The van der Waals surface area contributed by atoms with Crippen LogP contribution < -0.4 is 11.3 Å². The van der Waals surface area contributed by atoms with Gasteiger partial charge in [-0.3, -0.25) is 11.3 Å². The Morgan fingerprint density at radius 2 is 2.15 bits per heavy atom. The van der Waals surface area contributed by atoms with Crippen LogP contribution in [0.4, 0.5) is 13.2 Å². The zero-order valence-electron chi connectivity index (χ0n) is 11.6. The predicted octanol–water partition coefficient (Wildman–Crippen LogP) is 3.88. The maximum absolute atomic E-state index is 12.7. The molecule has 0 amide bonds. The summed E-state index contributed by atoms with van der Waals surface area (Å²) in [6.45, 7) is 4.32. The first kappa shape index (κ1) is 15.7. The highest BCUT2D eigenvalue weighted by molar-refractivity contribution is 7.11. The zero-order chi connectivity index (χ0) is 15.0. The predicted molar refractivity (Wildman–Crippen MR) is 72.9 cm³/mol. The van der Waals surface area contributed by atoms with Crippen LogP contribution in [-0.2, 0) is 6.18 Å². The molecule has 1 aliphatic rings. The van der Waals surface area contributed by atoms with Crippen molar-refractivity contribution in [2.24, 2.45) is 17.2 Å². The number of hydrogen-bond acceptors (Lipinski definition) is 4. The van der Waals surface area contributed by atoms with Crippen LogP contribution in [0.25, 0.3) is 0 Å². The van der Waals surface area contributed by atoms with Gasteiger partial charge in [0.1, 0.15) is 0 Å². The van der Waals surface area contributed by atoms with Crippen molar-refractivity contribution in [2.45, 2.75) is 51.7 Å². The molecule has 20 heavy (non-hydrogen) atoms. The van der Waals surface area contributed by atoms with E-state index in [1.54, 1.807) is 0 Å². The molecule has 3 N–H and O–H groups in total. The van der Waals surface area contributed by atoms with Crippen LogP contribution in [0.2, 0.25) is 0 Å². The molecule has 0 spiro atoms. The van der Waals surface area contributed by atoms with E-state index in [4.69, 9.17) is 5.84 Å². The van der Waals surface area contributed by atoms with E-state index in [0.717, 1.165) is 25.7 Å². The summed E-state index contributed by atoms with van der Waals surface area (Å²) in [5.74, 6) is 5.85. The van der Waals surface area contributed by atoms with E-state index in [1.807, 2.05) is 0 Å². The fourth-order valence-electron chi connectivity index (χ4n) is 3.10. The average Bonchev–Trinajstić information content (AvgIpc) is 2.81. The molecule has 1 aliphatic carbocycles. The van der Waals surface area contributed by atoms with Crippen LogP contribution in [0, 0.1) is 11.3 Å². The molecule has 1 saturated carbocycles. The average molecular weight is 307 g/mol. The van der Waals surface area contributed by atoms with Gasteiger partial charge >= 0.3 is 6.18 Å². The summed E-state index contributed by atoms with van der Waals surface area (Å²) in [7, 11) is 0. The topological polar surface area (TPSA) is 50.9 Å². The van der Waals surface area contributed by atoms with Crippen LogP contribution in [0.3, 0.4) is 0 Å². The molecular formula is C13H20F3N3S. The molecule has 114 valence electrons. The van der Waals surface area contributed by atoms with Crippen molar-refractivity contribution in [1.82, 2.24) is 10.4 Å². The van der Waals surface area contributed by atoms with Crippen molar-refractivity contribution in [1.29, 1.82) is 0 Å². The van der Waals surface area contributed by atoms with Gasteiger partial charge in [0.25, 0.3) is 0 Å². The first-order valence-electron chi connectivity index (χ1n) is 6.75. The summed E-state index contributed by atoms with van der Waals surface area (Å²) >= 11 is 0.688. The third kappa shape index (κ3) is 3.15. The molecule has 0 saturated heterocycles. The van der Waals surface area contributed by atoms with Crippen molar-refractivity contribution >= 4 is 11.3 Å². The largest absolute Gasteiger partial charge is 0.443 e. The Hall–Kier alpha value is -0.660. The Morgan fingerprint density at radius 1 is 1.45 bits per heavy atom. The maximum atomic E-state index is 12.7. The summed E-state index contributed by atoms with van der Waals surface area (Å²) in [5.41, 5.74) is 2.78. The fraction of sp³-hybridized carbons (Fsp3) is 0.769. The SMILES string of the molecule is CC1(C)CCCCC1C(NN)c1cnc(C(F)(F)F)s1. The summed E-state index contributed by atoms with van der Waals surface area (Å²) in [4.78, 5) is 4.07. The Balaban J connectivity index is 2.26. The molecule has 2 rings (SSSR count). The van der Waals surface area contributed by atoms with Gasteiger partial charge in [-0.2, -0.15) is 13.2 Å². The highest BCUT2D eigenvalue weighted by Crippen LogP contribution is 2.48. The second-order valence-electron chi connectivity index (χ2n) is 6.05. The molecule has 1 heterocycles. The molecule has 1 aromatic heterocycles. The molecule has 0 radical (unpaired) electrons. The highest BCUT2D eigenvalue weighted by atomic mass is 32.1. The minimum absolute atomic E-state index is 0.0671. The minimum Gasteiger partial charge on any atom is -0.271 e. The van der Waals surface area contributed by atoms with Crippen LogP contribution in [-0.4, -0.2) is 4.98 Å². The first-order valence-corrected chi connectivity index (χ1v) is 7.56. The van der Waals surface area contributed by atoms with E-state index in [1.165, 1.54) is 6.20 Å². The second-order valence-corrected chi connectivity index (χ2v) is 7.11. The summed E-state index contributed by atoms with van der Waals surface area (Å²) in [5, 5.41) is -0.804. The van der Waals surface area contributed by atoms with E-state index < -0.39 is 11.2 Å². The number of nitrogens with one attached hydrogen (secondary N) is 1. The van der Waals surface area contributed by atoms with Gasteiger partial charge < -0.3 is 0 Å². The molecule has 2 unspecified atom stereocenters. The lowest BCUT2D eigenvalue weighted by atomic mass is 9.66. The molecule has 2 atom stereocenters. The van der Waals surface area contributed by atoms with Gasteiger partial charge in [0.2, 0.25) is 0 Å². The molecule has 3 nitrogen and oxygen atoms in total. The number of hydrogen-bond donors (Lipinski definition) is 2. The van der Waals surface area contributed by atoms with Gasteiger partial charge in [-0.05, 0) is 24.2 Å². The Kier molecular flexibility index (Phi) is 4.41. The molecule has 0 aromatic carbocycles. The molecule has 1 aromatic rings. The highest BCUT2D eigenvalue weighted by Gasteiger charge is 2.40. The fourth-order valence-corrected chi connectivity index (χ4v) is 4.01. The molecule has 7 heteroatoms. The second kappa shape index (κ2) is 5.61. The first-order chi connectivity index (χ1) is 9.25. The number of rotatable bonds is 3. The minimum atomic E-state index is -4.38. The number of hydrazine groups is 1. The van der Waals surface area contributed by atoms with E-state index in [0.29, 0.717) is 16.2 Å². The van der Waals surface area contributed by atoms with Gasteiger partial charge in [-0.15, -0.1) is 11.3 Å². The Morgan fingerprint density at radius 3 is 2.65 bits per heavy atom. The van der Waals surface area contributed by atoms with Crippen molar-refractivity contribution in [2.75, 3.05) is 0 Å². The molecule has 0 bridgehead atoms. The van der Waals surface area contributed by atoms with Gasteiger partial charge in [-0.1, -0.05) is 26.7 Å². The number of halogens is 3. The third-order valence-corrected chi connectivity index (χ3v) is 5.37. The van der Waals surface area contributed by atoms with Crippen LogP contribution in [0.1, 0.15) is 55.5 Å². The van der Waals surface area contributed by atoms with Crippen molar-refractivity contribution < 1.29 is 13.2 Å². The summed E-state index contributed by atoms with van der Waals surface area (Å²) in [6.07, 6.45) is 1.23. The number of aromatic nitrogens is 1. The zero-order valence-corrected chi connectivity index (χ0v) is 12.4. The Bertz CT molecular complexity index is 456. The summed E-state index contributed by atoms with van der Waals surface area (Å²) in [6, 6.07) is -0.265. The maximum Gasteiger partial charge on any atom is 0.443 e. The van der Waals surface area contributed by atoms with Crippen LogP contribution >= 0.6 is 11.3 Å².